The second-order valence-electron chi connectivity index (χ2n) is 9.89. The van der Waals surface area contributed by atoms with Crippen molar-refractivity contribution in [2.24, 2.45) is 0 Å². The van der Waals surface area contributed by atoms with Crippen LogP contribution in [-0.4, -0.2) is 10.5 Å². The van der Waals surface area contributed by atoms with Crippen LogP contribution in [0.4, 0.5) is 5.00 Å². The fourth-order valence-corrected chi connectivity index (χ4v) is 6.68. The predicted octanol–water partition coefficient (Wildman–Crippen LogP) is 8.17. The number of nitriles is 2. The molecule has 0 saturated heterocycles. The van der Waals surface area contributed by atoms with Crippen LogP contribution in [0.25, 0.3) is 34.3 Å². The van der Waals surface area contributed by atoms with Crippen molar-refractivity contribution in [1.82, 2.24) is 4.57 Å². The number of hydrogen-bond donors (Lipinski definition) is 1. The summed E-state index contributed by atoms with van der Waals surface area (Å²) in [6, 6.07) is 36.6. The molecule has 0 spiro atoms. The number of aromatic nitrogens is 1. The zero-order valence-electron chi connectivity index (χ0n) is 22.3. The monoisotopic (exact) mass is 550 g/mol. The van der Waals surface area contributed by atoms with Crippen molar-refractivity contribution in [1.29, 1.82) is 10.5 Å². The Morgan fingerprint density at radius 3 is 2.15 bits per heavy atom. The number of anilines is 1. The molecule has 198 valence electrons. The Hall–Kier alpha value is -5.17. The first kappa shape index (κ1) is 26.1. The molecular weight excluding hydrogens is 524 g/mol. The Morgan fingerprint density at radius 2 is 1.49 bits per heavy atom. The van der Waals surface area contributed by atoms with E-state index >= 15 is 0 Å². The number of hydrogen-bond acceptors (Lipinski definition) is 4. The minimum Gasteiger partial charge on any atom is -0.312 e. The van der Waals surface area contributed by atoms with Crippen molar-refractivity contribution in [3.63, 3.8) is 0 Å². The summed E-state index contributed by atoms with van der Waals surface area (Å²) in [6.45, 7) is 0. The summed E-state index contributed by atoms with van der Waals surface area (Å²) >= 11 is 1.46. The summed E-state index contributed by atoms with van der Waals surface area (Å²) in [6.07, 6.45) is 5.55. The topological polar surface area (TPSA) is 81.6 Å². The quantitative estimate of drug-likeness (QED) is 0.171. The fraction of sp³-hybridized carbons (Fsp3) is 0.114. The smallest absolute Gasteiger partial charge is 0.266 e. The summed E-state index contributed by atoms with van der Waals surface area (Å²) < 4.78 is 2.17. The van der Waals surface area contributed by atoms with Gasteiger partial charge in [0.05, 0.1) is 17.0 Å². The predicted molar refractivity (Wildman–Crippen MR) is 165 cm³/mol. The number of carbonyl (C=O) groups excluding carboxylic acids is 1. The molecule has 0 saturated carbocycles. The molecule has 1 amide bonds. The van der Waals surface area contributed by atoms with E-state index in [1.54, 1.807) is 6.08 Å². The highest BCUT2D eigenvalue weighted by Gasteiger charge is 2.24. The molecule has 0 fully saturated rings. The van der Waals surface area contributed by atoms with Crippen molar-refractivity contribution in [2.75, 3.05) is 5.32 Å². The maximum atomic E-state index is 13.5. The van der Waals surface area contributed by atoms with Crippen molar-refractivity contribution >= 4 is 28.3 Å². The van der Waals surface area contributed by atoms with Gasteiger partial charge in [-0.1, -0.05) is 78.9 Å². The van der Waals surface area contributed by atoms with Crippen LogP contribution in [0.5, 0.6) is 0 Å². The van der Waals surface area contributed by atoms with Crippen molar-refractivity contribution < 1.29 is 4.79 Å². The molecular formula is C35H26N4OS. The van der Waals surface area contributed by atoms with Crippen LogP contribution in [0.3, 0.4) is 0 Å². The molecule has 3 aromatic carbocycles. The maximum Gasteiger partial charge on any atom is 0.266 e. The number of nitrogens with zero attached hydrogens (tertiary/aromatic N) is 3. The third-order valence-corrected chi connectivity index (χ3v) is 8.54. The van der Waals surface area contributed by atoms with Gasteiger partial charge in [-0.2, -0.15) is 10.5 Å². The van der Waals surface area contributed by atoms with E-state index in [0.29, 0.717) is 10.6 Å². The molecule has 6 rings (SSSR count). The minimum atomic E-state index is -0.518. The van der Waals surface area contributed by atoms with Gasteiger partial charge in [0.15, 0.2) is 0 Å². The van der Waals surface area contributed by atoms with Gasteiger partial charge in [0.25, 0.3) is 5.91 Å². The van der Waals surface area contributed by atoms with E-state index in [2.05, 4.69) is 34.2 Å². The number of thiophene rings is 1. The van der Waals surface area contributed by atoms with Crippen LogP contribution in [-0.2, 0) is 17.6 Å². The third kappa shape index (κ3) is 5.10. The molecule has 1 N–H and O–H groups in total. The van der Waals surface area contributed by atoms with Gasteiger partial charge >= 0.3 is 0 Å². The molecule has 1 aliphatic rings. The highest BCUT2D eigenvalue weighted by molar-refractivity contribution is 7.16. The van der Waals surface area contributed by atoms with Crippen LogP contribution >= 0.6 is 11.3 Å². The van der Waals surface area contributed by atoms with Crippen LogP contribution in [0, 0.1) is 22.7 Å². The highest BCUT2D eigenvalue weighted by Crippen LogP contribution is 2.39. The zero-order valence-corrected chi connectivity index (χ0v) is 23.1. The van der Waals surface area contributed by atoms with E-state index in [9.17, 15) is 15.3 Å². The van der Waals surface area contributed by atoms with Gasteiger partial charge < -0.3 is 9.88 Å². The average molecular weight is 551 g/mol. The lowest BCUT2D eigenvalue weighted by Crippen LogP contribution is -2.13. The number of para-hydroxylation sites is 1. The molecule has 2 aromatic heterocycles. The van der Waals surface area contributed by atoms with E-state index in [1.807, 2.05) is 84.9 Å². The van der Waals surface area contributed by atoms with Gasteiger partial charge in [-0.05, 0) is 66.6 Å². The van der Waals surface area contributed by atoms with Crippen LogP contribution in [0.1, 0.15) is 34.4 Å². The Bertz CT molecular complexity index is 1840. The summed E-state index contributed by atoms with van der Waals surface area (Å²) in [7, 11) is 0. The lowest BCUT2D eigenvalue weighted by atomic mass is 9.96. The molecule has 0 atom stereocenters. The van der Waals surface area contributed by atoms with Gasteiger partial charge in [0.2, 0.25) is 0 Å². The van der Waals surface area contributed by atoms with E-state index in [4.69, 9.17) is 0 Å². The second kappa shape index (κ2) is 11.5. The third-order valence-electron chi connectivity index (χ3n) is 7.34. The first-order valence-electron chi connectivity index (χ1n) is 13.6. The summed E-state index contributed by atoms with van der Waals surface area (Å²) in [5.74, 6) is -0.518. The van der Waals surface area contributed by atoms with Gasteiger partial charge in [-0.15, -0.1) is 11.3 Å². The molecule has 2 heterocycles. The molecule has 1 aliphatic carbocycles. The normalized spacial score (nSPS) is 12.7. The summed E-state index contributed by atoms with van der Waals surface area (Å²) in [5, 5.41) is 23.4. The standard InChI is InChI=1S/C35H26N4OS/c36-22-27(34(40)38-35-30(23-37)29-18-10-11-19-32(29)41-35)20-26-21-31(24-12-4-1-5-13-24)39(28-16-8-3-9-17-28)33(26)25-14-6-2-7-15-25/h1-9,12-17,20-21H,10-11,18-19H2,(H,38,40)/b27-20+. The highest BCUT2D eigenvalue weighted by atomic mass is 32.1. The minimum absolute atomic E-state index is 0.0257. The van der Waals surface area contributed by atoms with Crippen LogP contribution in [0.15, 0.2) is 103 Å². The Kier molecular flexibility index (Phi) is 7.32. The number of amides is 1. The molecule has 0 bridgehead atoms. The number of nitrogens with one attached hydrogen (secondary N) is 1. The maximum absolute atomic E-state index is 13.5. The Labute approximate surface area is 243 Å². The number of carbonyl (C=O) groups is 1. The van der Waals surface area contributed by atoms with Crippen LogP contribution < -0.4 is 5.32 Å². The van der Waals surface area contributed by atoms with Crippen molar-refractivity contribution in [2.45, 2.75) is 25.7 Å². The molecule has 41 heavy (non-hydrogen) atoms. The van der Waals surface area contributed by atoms with E-state index in [-0.39, 0.29) is 5.57 Å². The van der Waals surface area contributed by atoms with Gasteiger partial charge in [0.1, 0.15) is 22.7 Å². The van der Waals surface area contributed by atoms with Gasteiger partial charge in [-0.25, -0.2) is 0 Å². The molecule has 5 nitrogen and oxygen atoms in total. The van der Waals surface area contributed by atoms with Crippen molar-refractivity contribution in [3.8, 4) is 40.3 Å². The van der Waals surface area contributed by atoms with Gasteiger partial charge in [-0.3, -0.25) is 4.79 Å². The first-order chi connectivity index (χ1) is 20.2. The Morgan fingerprint density at radius 1 is 0.854 bits per heavy atom. The summed E-state index contributed by atoms with van der Waals surface area (Å²) in [5.41, 5.74) is 7.05. The van der Waals surface area contributed by atoms with Crippen LogP contribution in [0.2, 0.25) is 0 Å². The molecule has 0 radical (unpaired) electrons. The van der Waals surface area contributed by atoms with E-state index < -0.39 is 5.91 Å². The lowest BCUT2D eigenvalue weighted by molar-refractivity contribution is -0.112. The number of fused-ring (bicyclic) bond motifs is 1. The first-order valence-corrected chi connectivity index (χ1v) is 14.4. The molecule has 5 aromatic rings. The Balaban J connectivity index is 1.50. The average Bonchev–Trinajstić information content (AvgIpc) is 3.58. The zero-order chi connectivity index (χ0) is 28.2. The molecule has 0 unspecified atom stereocenters. The number of rotatable bonds is 6. The molecule has 6 heteroatoms. The van der Waals surface area contributed by atoms with E-state index in [1.165, 1.54) is 11.3 Å². The van der Waals surface area contributed by atoms with Crippen molar-refractivity contribution in [3.05, 3.63) is 124 Å². The van der Waals surface area contributed by atoms with E-state index in [0.717, 1.165) is 69.9 Å². The van der Waals surface area contributed by atoms with Gasteiger partial charge in [0, 0.05) is 16.1 Å². The lowest BCUT2D eigenvalue weighted by Gasteiger charge is -2.15. The second-order valence-corrected chi connectivity index (χ2v) is 11.0. The SMILES string of the molecule is N#C/C(=C\c1cc(-c2ccccc2)n(-c2ccccc2)c1-c1ccccc1)C(=O)Nc1sc2c(c1C#N)CCCC2. The largest absolute Gasteiger partial charge is 0.312 e. The summed E-state index contributed by atoms with van der Waals surface area (Å²) in [4.78, 5) is 14.7. The fourth-order valence-electron chi connectivity index (χ4n) is 5.44. The number of aryl methyl sites for hydroxylation is 1. The molecule has 0 aliphatic heterocycles. The number of benzene rings is 3.